The first-order valence-electron chi connectivity index (χ1n) is 17.9. The molecule has 3 nitrogen and oxygen atoms in total. The third-order valence-corrected chi connectivity index (χ3v) is 10.6. The Kier molecular flexibility index (Phi) is 7.43. The van der Waals surface area contributed by atoms with Crippen molar-refractivity contribution >= 4 is 43.6 Å². The zero-order valence-electron chi connectivity index (χ0n) is 29.1. The Bertz CT molecular complexity index is 3010. The standard InChI is InChI=1S/C49H28F3N3/c50-41-22-21-35(48(51)49(41)52)34-27-46(54-42-17-9-7-15-36(42)38-25-32(19-23-44(38)54)30-11-3-1-4-12-30)40(29-53)47(28-34)55-43-18-10-8-16-37(43)39-26-33(20-24-45(39)55)31-13-5-2-6-14-31/h1-28H. The van der Waals surface area contributed by atoms with Crippen LogP contribution in [0.2, 0.25) is 0 Å². The van der Waals surface area contributed by atoms with Gasteiger partial charge in [0.05, 0.1) is 33.4 Å². The summed E-state index contributed by atoms with van der Waals surface area (Å²) >= 11 is 0. The van der Waals surface area contributed by atoms with E-state index in [-0.39, 0.29) is 5.56 Å². The van der Waals surface area contributed by atoms with Gasteiger partial charge in [-0.1, -0.05) is 109 Å². The SMILES string of the molecule is N#Cc1c(-n2c3ccccc3c3cc(-c4ccccc4)ccc32)cc(-c2ccc(F)c(F)c2F)cc1-n1c2ccccc2c2cc(-c3ccccc3)ccc21. The highest BCUT2D eigenvalue weighted by Gasteiger charge is 2.24. The second-order valence-electron chi connectivity index (χ2n) is 13.6. The predicted octanol–water partition coefficient (Wildman–Crippen LogP) is 13.2. The Morgan fingerprint density at radius 1 is 0.382 bits per heavy atom. The van der Waals surface area contributed by atoms with Crippen LogP contribution in [0.4, 0.5) is 13.2 Å². The first-order valence-corrected chi connectivity index (χ1v) is 17.9. The number of nitrogens with zero attached hydrogens (tertiary/aromatic N) is 3. The second-order valence-corrected chi connectivity index (χ2v) is 13.6. The molecule has 0 saturated carbocycles. The zero-order valence-corrected chi connectivity index (χ0v) is 29.1. The van der Waals surface area contributed by atoms with Gasteiger partial charge in [0.1, 0.15) is 11.6 Å². The van der Waals surface area contributed by atoms with Crippen LogP contribution in [0.1, 0.15) is 5.56 Å². The molecule has 0 atom stereocenters. The van der Waals surface area contributed by atoms with Crippen LogP contribution in [0.5, 0.6) is 0 Å². The van der Waals surface area contributed by atoms with Crippen LogP contribution in [-0.2, 0) is 0 Å². The van der Waals surface area contributed by atoms with E-state index in [1.54, 1.807) is 12.1 Å². The molecule has 0 spiro atoms. The molecular formula is C49H28F3N3. The average Bonchev–Trinajstić information content (AvgIpc) is 3.75. The number of rotatable bonds is 5. The van der Waals surface area contributed by atoms with Gasteiger partial charge in [-0.05, 0) is 88.5 Å². The number of halogens is 3. The highest BCUT2D eigenvalue weighted by Crippen LogP contribution is 2.42. The van der Waals surface area contributed by atoms with E-state index in [2.05, 4.69) is 54.6 Å². The molecule has 0 fully saturated rings. The van der Waals surface area contributed by atoms with Crippen LogP contribution >= 0.6 is 0 Å². The van der Waals surface area contributed by atoms with Crippen molar-refractivity contribution in [2.75, 3.05) is 0 Å². The topological polar surface area (TPSA) is 33.6 Å². The van der Waals surface area contributed by atoms with Crippen molar-refractivity contribution in [1.29, 1.82) is 5.26 Å². The molecule has 0 saturated heterocycles. The van der Waals surface area contributed by atoms with E-state index in [1.165, 1.54) is 6.07 Å². The molecule has 10 rings (SSSR count). The largest absolute Gasteiger partial charge is 0.308 e. The van der Waals surface area contributed by atoms with E-state index in [4.69, 9.17) is 0 Å². The Hall–Kier alpha value is -7.36. The highest BCUT2D eigenvalue weighted by atomic mass is 19.2. The first-order chi connectivity index (χ1) is 27.0. The minimum Gasteiger partial charge on any atom is -0.308 e. The molecule has 2 heterocycles. The van der Waals surface area contributed by atoms with Gasteiger partial charge in [0, 0.05) is 27.1 Å². The summed E-state index contributed by atoms with van der Waals surface area (Å²) in [4.78, 5) is 0. The number of aromatic nitrogens is 2. The van der Waals surface area contributed by atoms with Gasteiger partial charge in [-0.25, -0.2) is 13.2 Å². The van der Waals surface area contributed by atoms with Crippen molar-refractivity contribution in [2.45, 2.75) is 0 Å². The average molecular weight is 716 g/mol. The van der Waals surface area contributed by atoms with Crippen LogP contribution in [0.25, 0.3) is 88.4 Å². The third kappa shape index (κ3) is 5.05. The number of nitriles is 1. The zero-order chi connectivity index (χ0) is 37.2. The van der Waals surface area contributed by atoms with Gasteiger partial charge in [-0.2, -0.15) is 5.26 Å². The van der Waals surface area contributed by atoms with Crippen LogP contribution in [-0.4, -0.2) is 9.13 Å². The van der Waals surface area contributed by atoms with Crippen molar-refractivity contribution in [3.8, 4) is 50.8 Å². The van der Waals surface area contributed by atoms with E-state index in [9.17, 15) is 14.0 Å². The lowest BCUT2D eigenvalue weighted by Crippen LogP contribution is -2.06. The van der Waals surface area contributed by atoms with E-state index in [0.717, 1.165) is 71.9 Å². The van der Waals surface area contributed by atoms with E-state index in [1.807, 2.05) is 106 Å². The molecule has 0 amide bonds. The number of hydrogen-bond donors (Lipinski definition) is 0. The van der Waals surface area contributed by atoms with Gasteiger partial charge in [-0.3, -0.25) is 0 Å². The Morgan fingerprint density at radius 3 is 1.33 bits per heavy atom. The summed E-state index contributed by atoms with van der Waals surface area (Å²) in [5.74, 6) is -4.13. The molecule has 0 aliphatic heterocycles. The van der Waals surface area contributed by atoms with E-state index < -0.39 is 17.5 Å². The van der Waals surface area contributed by atoms with Crippen molar-refractivity contribution < 1.29 is 13.2 Å². The minimum absolute atomic E-state index is 0.120. The molecule has 8 aromatic carbocycles. The highest BCUT2D eigenvalue weighted by molar-refractivity contribution is 6.12. The lowest BCUT2D eigenvalue weighted by molar-refractivity contribution is 0.449. The molecule has 55 heavy (non-hydrogen) atoms. The van der Waals surface area contributed by atoms with Crippen molar-refractivity contribution in [3.05, 3.63) is 193 Å². The molecule has 2 aromatic heterocycles. The lowest BCUT2D eigenvalue weighted by Gasteiger charge is -2.19. The van der Waals surface area contributed by atoms with Crippen molar-refractivity contribution in [1.82, 2.24) is 9.13 Å². The molecule has 0 radical (unpaired) electrons. The fourth-order valence-corrected chi connectivity index (χ4v) is 8.07. The van der Waals surface area contributed by atoms with Gasteiger partial charge >= 0.3 is 0 Å². The Balaban J connectivity index is 1.32. The molecule has 10 aromatic rings. The quantitative estimate of drug-likeness (QED) is 0.163. The fourth-order valence-electron chi connectivity index (χ4n) is 8.07. The van der Waals surface area contributed by atoms with Crippen molar-refractivity contribution in [2.24, 2.45) is 0 Å². The summed E-state index contributed by atoms with van der Waals surface area (Å²) in [6.45, 7) is 0. The van der Waals surface area contributed by atoms with Gasteiger partial charge < -0.3 is 9.13 Å². The van der Waals surface area contributed by atoms with Crippen molar-refractivity contribution in [3.63, 3.8) is 0 Å². The number of hydrogen-bond acceptors (Lipinski definition) is 1. The second kappa shape index (κ2) is 12.6. The van der Waals surface area contributed by atoms with Gasteiger partial charge in [0.25, 0.3) is 0 Å². The van der Waals surface area contributed by atoms with Crippen LogP contribution in [0.15, 0.2) is 170 Å². The maximum atomic E-state index is 15.8. The summed E-state index contributed by atoms with van der Waals surface area (Å²) in [5.41, 5.74) is 9.00. The lowest BCUT2D eigenvalue weighted by atomic mass is 9.99. The fraction of sp³-hybridized carbons (Fsp3) is 0. The smallest absolute Gasteiger partial charge is 0.195 e. The monoisotopic (exact) mass is 715 g/mol. The van der Waals surface area contributed by atoms with Gasteiger partial charge in [-0.15, -0.1) is 0 Å². The molecule has 0 N–H and O–H groups in total. The Labute approximate surface area is 314 Å². The van der Waals surface area contributed by atoms with Crippen LogP contribution in [0, 0.1) is 28.8 Å². The van der Waals surface area contributed by atoms with E-state index >= 15 is 4.39 Å². The number of para-hydroxylation sites is 2. The minimum atomic E-state index is -1.56. The van der Waals surface area contributed by atoms with Crippen LogP contribution < -0.4 is 0 Å². The first kappa shape index (κ1) is 32.3. The maximum Gasteiger partial charge on any atom is 0.195 e. The molecule has 0 unspecified atom stereocenters. The normalized spacial score (nSPS) is 11.5. The third-order valence-electron chi connectivity index (χ3n) is 10.6. The molecule has 6 heteroatoms. The Morgan fingerprint density at radius 2 is 0.836 bits per heavy atom. The summed E-state index contributed by atoms with van der Waals surface area (Å²) < 4.78 is 49.1. The van der Waals surface area contributed by atoms with Gasteiger partial charge in [0.2, 0.25) is 0 Å². The van der Waals surface area contributed by atoms with Gasteiger partial charge in [0.15, 0.2) is 17.5 Å². The molecule has 0 aliphatic rings. The summed E-state index contributed by atoms with van der Waals surface area (Å²) in [5, 5.41) is 15.1. The molecular weight excluding hydrogens is 688 g/mol. The molecule has 0 aliphatic carbocycles. The number of benzene rings is 8. The maximum absolute atomic E-state index is 15.8. The molecule has 260 valence electrons. The summed E-state index contributed by atoms with van der Waals surface area (Å²) in [6.07, 6.45) is 0. The number of fused-ring (bicyclic) bond motifs is 6. The van der Waals surface area contributed by atoms with E-state index in [0.29, 0.717) is 22.5 Å². The summed E-state index contributed by atoms with van der Waals surface area (Å²) in [7, 11) is 0. The summed E-state index contributed by atoms with van der Waals surface area (Å²) in [6, 6.07) is 56.7. The molecule has 0 bridgehead atoms. The van der Waals surface area contributed by atoms with Crippen LogP contribution in [0.3, 0.4) is 0 Å². The predicted molar refractivity (Wildman–Crippen MR) is 216 cm³/mol.